The fraction of sp³-hybridized carbons (Fsp3) is 0.529. The molecule has 1 aliphatic rings. The van der Waals surface area contributed by atoms with Crippen LogP contribution in [0.3, 0.4) is 0 Å². The van der Waals surface area contributed by atoms with Crippen molar-refractivity contribution in [1.29, 1.82) is 0 Å². The molecule has 126 valence electrons. The number of carboxylic acids is 1. The minimum absolute atomic E-state index is 0.144. The largest absolute Gasteiger partial charge is 0.478 e. The molecule has 1 heterocycles. The summed E-state index contributed by atoms with van der Waals surface area (Å²) < 4.78 is 5.32. The molecule has 23 heavy (non-hydrogen) atoms. The van der Waals surface area contributed by atoms with Gasteiger partial charge in [0, 0.05) is 12.2 Å². The highest BCUT2D eigenvalue weighted by atomic mass is 16.6. The predicted molar refractivity (Wildman–Crippen MR) is 87.8 cm³/mol. The molecule has 0 spiro atoms. The molecule has 0 bridgehead atoms. The highest BCUT2D eigenvalue weighted by Crippen LogP contribution is 2.24. The average molecular weight is 320 g/mol. The Balaban J connectivity index is 2.08. The second kappa shape index (κ2) is 6.89. The molecule has 1 atom stereocenters. The van der Waals surface area contributed by atoms with Crippen molar-refractivity contribution in [3.05, 3.63) is 29.8 Å². The second-order valence-electron chi connectivity index (χ2n) is 6.70. The molecule has 0 aromatic heterocycles. The highest BCUT2D eigenvalue weighted by molar-refractivity contribution is 5.88. The first-order chi connectivity index (χ1) is 10.8. The van der Waals surface area contributed by atoms with Crippen LogP contribution in [0, 0.1) is 0 Å². The smallest absolute Gasteiger partial charge is 0.409 e. The van der Waals surface area contributed by atoms with E-state index in [1.54, 1.807) is 24.3 Å². The van der Waals surface area contributed by atoms with Gasteiger partial charge in [-0.15, -0.1) is 0 Å². The number of alkyl carbamates (subject to hydrolysis) is 1. The number of hydrogen-bond acceptors (Lipinski definition) is 4. The normalized spacial score (nSPS) is 18.4. The van der Waals surface area contributed by atoms with Crippen LogP contribution < -0.4 is 10.2 Å². The van der Waals surface area contributed by atoms with Crippen LogP contribution in [0.15, 0.2) is 24.3 Å². The molecular weight excluding hydrogens is 296 g/mol. The number of benzene rings is 1. The van der Waals surface area contributed by atoms with E-state index in [2.05, 4.69) is 10.2 Å². The molecule has 6 nitrogen and oxygen atoms in total. The SMILES string of the molecule is CC(C)(C)OC(=O)NC1CCCCN1c1ccc(C(=O)O)cc1. The van der Waals surface area contributed by atoms with Gasteiger partial charge in [-0.25, -0.2) is 9.59 Å². The van der Waals surface area contributed by atoms with E-state index >= 15 is 0 Å². The summed E-state index contributed by atoms with van der Waals surface area (Å²) in [5.41, 5.74) is 0.616. The minimum atomic E-state index is -0.946. The third kappa shape index (κ3) is 4.87. The maximum atomic E-state index is 12.0. The number of carbonyl (C=O) groups excluding carboxylic acids is 1. The lowest BCUT2D eigenvalue weighted by atomic mass is 10.1. The van der Waals surface area contributed by atoms with Crippen molar-refractivity contribution >= 4 is 17.7 Å². The fourth-order valence-corrected chi connectivity index (χ4v) is 2.63. The Bertz CT molecular complexity index is 563. The summed E-state index contributed by atoms with van der Waals surface area (Å²) in [7, 11) is 0. The summed E-state index contributed by atoms with van der Waals surface area (Å²) >= 11 is 0. The first kappa shape index (κ1) is 17.1. The lowest BCUT2D eigenvalue weighted by Gasteiger charge is -2.38. The van der Waals surface area contributed by atoms with E-state index in [1.165, 1.54) is 0 Å². The van der Waals surface area contributed by atoms with E-state index in [4.69, 9.17) is 9.84 Å². The third-order valence-corrected chi connectivity index (χ3v) is 3.63. The van der Waals surface area contributed by atoms with Crippen molar-refractivity contribution in [2.45, 2.75) is 51.8 Å². The summed E-state index contributed by atoms with van der Waals surface area (Å²) in [5.74, 6) is -0.946. The monoisotopic (exact) mass is 320 g/mol. The van der Waals surface area contributed by atoms with Crippen LogP contribution in [0.1, 0.15) is 50.4 Å². The number of nitrogens with one attached hydrogen (secondary N) is 1. The number of carbonyl (C=O) groups is 2. The fourth-order valence-electron chi connectivity index (χ4n) is 2.63. The molecule has 0 saturated carbocycles. The first-order valence-electron chi connectivity index (χ1n) is 7.86. The lowest BCUT2D eigenvalue weighted by Crippen LogP contribution is -2.52. The minimum Gasteiger partial charge on any atom is -0.478 e. The summed E-state index contributed by atoms with van der Waals surface area (Å²) in [6.45, 7) is 6.30. The molecule has 6 heteroatoms. The van der Waals surface area contributed by atoms with Gasteiger partial charge in [-0.2, -0.15) is 0 Å². The molecular formula is C17H24N2O4. The molecule has 1 aromatic rings. The maximum Gasteiger partial charge on any atom is 0.409 e. The maximum absolute atomic E-state index is 12.0. The molecule has 0 radical (unpaired) electrons. The van der Waals surface area contributed by atoms with Crippen LogP contribution in [0.5, 0.6) is 0 Å². The van der Waals surface area contributed by atoms with Crippen molar-refractivity contribution in [2.75, 3.05) is 11.4 Å². The topological polar surface area (TPSA) is 78.9 Å². The van der Waals surface area contributed by atoms with Gasteiger partial charge in [-0.3, -0.25) is 0 Å². The van der Waals surface area contributed by atoms with Crippen molar-refractivity contribution in [1.82, 2.24) is 5.32 Å². The molecule has 1 aromatic carbocycles. The summed E-state index contributed by atoms with van der Waals surface area (Å²) in [6, 6.07) is 6.71. The lowest BCUT2D eigenvalue weighted by molar-refractivity contribution is 0.0495. The molecule has 1 saturated heterocycles. The van der Waals surface area contributed by atoms with E-state index in [0.29, 0.717) is 0 Å². The van der Waals surface area contributed by atoms with Crippen LogP contribution in [0.2, 0.25) is 0 Å². The summed E-state index contributed by atoms with van der Waals surface area (Å²) in [5, 5.41) is 11.9. The Kier molecular flexibility index (Phi) is 5.13. The van der Waals surface area contributed by atoms with Gasteiger partial charge in [0.2, 0.25) is 0 Å². The van der Waals surface area contributed by atoms with Crippen LogP contribution in [-0.4, -0.2) is 35.5 Å². The number of piperidine rings is 1. The van der Waals surface area contributed by atoms with Crippen LogP contribution >= 0.6 is 0 Å². The van der Waals surface area contributed by atoms with Crippen molar-refractivity contribution in [3.8, 4) is 0 Å². The zero-order valence-electron chi connectivity index (χ0n) is 13.8. The highest BCUT2D eigenvalue weighted by Gasteiger charge is 2.26. The molecule has 1 amide bonds. The zero-order chi connectivity index (χ0) is 17.0. The van der Waals surface area contributed by atoms with Crippen molar-refractivity contribution in [2.24, 2.45) is 0 Å². The van der Waals surface area contributed by atoms with Gasteiger partial charge in [-0.05, 0) is 64.3 Å². The number of carboxylic acid groups (broad SMARTS) is 1. The summed E-state index contributed by atoms with van der Waals surface area (Å²) in [6.07, 6.45) is 2.32. The van der Waals surface area contributed by atoms with Gasteiger partial charge < -0.3 is 20.1 Å². The van der Waals surface area contributed by atoms with E-state index in [-0.39, 0.29) is 11.7 Å². The zero-order valence-corrected chi connectivity index (χ0v) is 13.8. The number of ether oxygens (including phenoxy) is 1. The Morgan fingerprint density at radius 1 is 1.22 bits per heavy atom. The average Bonchev–Trinajstić information content (AvgIpc) is 2.46. The Labute approximate surface area is 136 Å². The van der Waals surface area contributed by atoms with E-state index < -0.39 is 17.7 Å². The van der Waals surface area contributed by atoms with Gasteiger partial charge in [0.05, 0.1) is 5.56 Å². The Morgan fingerprint density at radius 3 is 2.43 bits per heavy atom. The molecule has 2 rings (SSSR count). The number of nitrogens with zero attached hydrogens (tertiary/aromatic N) is 1. The van der Waals surface area contributed by atoms with Gasteiger partial charge in [0.15, 0.2) is 0 Å². The van der Waals surface area contributed by atoms with E-state index in [1.807, 2.05) is 20.8 Å². The molecule has 1 aliphatic heterocycles. The third-order valence-electron chi connectivity index (χ3n) is 3.63. The van der Waals surface area contributed by atoms with E-state index in [9.17, 15) is 9.59 Å². The van der Waals surface area contributed by atoms with Gasteiger partial charge >= 0.3 is 12.1 Å². The van der Waals surface area contributed by atoms with Crippen molar-refractivity contribution in [3.63, 3.8) is 0 Å². The number of rotatable bonds is 3. The molecule has 0 aliphatic carbocycles. The Hall–Kier alpha value is -2.24. The first-order valence-corrected chi connectivity index (χ1v) is 7.86. The van der Waals surface area contributed by atoms with Crippen LogP contribution in [-0.2, 0) is 4.74 Å². The predicted octanol–water partition coefficient (Wildman–Crippen LogP) is 3.23. The second-order valence-corrected chi connectivity index (χ2v) is 6.70. The van der Waals surface area contributed by atoms with Crippen LogP contribution in [0.25, 0.3) is 0 Å². The summed E-state index contributed by atoms with van der Waals surface area (Å²) in [4.78, 5) is 25.0. The number of hydrogen-bond donors (Lipinski definition) is 2. The quantitative estimate of drug-likeness (QED) is 0.894. The number of aromatic carboxylic acids is 1. The molecule has 1 fully saturated rings. The number of anilines is 1. The van der Waals surface area contributed by atoms with Crippen LogP contribution in [0.4, 0.5) is 10.5 Å². The van der Waals surface area contributed by atoms with Gasteiger partial charge in [-0.1, -0.05) is 0 Å². The van der Waals surface area contributed by atoms with Gasteiger partial charge in [0.1, 0.15) is 11.8 Å². The van der Waals surface area contributed by atoms with E-state index in [0.717, 1.165) is 31.5 Å². The standard InChI is InChI=1S/C17H24N2O4/c1-17(2,3)23-16(22)18-14-6-4-5-11-19(14)13-9-7-12(8-10-13)15(20)21/h7-10,14H,4-6,11H2,1-3H3,(H,18,22)(H,20,21). The van der Waals surface area contributed by atoms with Crippen molar-refractivity contribution < 1.29 is 19.4 Å². The molecule has 2 N–H and O–H groups in total. The molecule has 1 unspecified atom stereocenters. The van der Waals surface area contributed by atoms with Gasteiger partial charge in [0.25, 0.3) is 0 Å². The number of amides is 1. The Morgan fingerprint density at radius 2 is 1.87 bits per heavy atom.